The second-order valence-electron chi connectivity index (χ2n) is 15.9. The van der Waals surface area contributed by atoms with Crippen molar-refractivity contribution in [3.05, 3.63) is 71.8 Å². The highest BCUT2D eigenvalue weighted by Gasteiger charge is 2.68. The summed E-state index contributed by atoms with van der Waals surface area (Å²) in [5.41, 5.74) is 0.583. The Morgan fingerprint density at radius 1 is 0.809 bits per heavy atom. The molecule has 6 rings (SSSR count). The molecule has 47 heavy (non-hydrogen) atoms. The number of hydrogen-bond donors (Lipinski definition) is 1. The van der Waals surface area contributed by atoms with Crippen LogP contribution < -0.4 is 5.32 Å². The lowest BCUT2D eigenvalue weighted by Gasteiger charge is -2.38. The van der Waals surface area contributed by atoms with Crippen LogP contribution in [0.25, 0.3) is 0 Å². The summed E-state index contributed by atoms with van der Waals surface area (Å²) in [7, 11) is 1.42. The molecule has 6 atom stereocenters. The Bertz CT molecular complexity index is 1440. The molecule has 8 heteroatoms. The van der Waals surface area contributed by atoms with E-state index in [1.54, 1.807) is 0 Å². The summed E-state index contributed by atoms with van der Waals surface area (Å²) in [5.74, 6) is -0.143. The van der Waals surface area contributed by atoms with Gasteiger partial charge in [-0.2, -0.15) is 0 Å². The molecule has 0 aromatic heterocycles. The predicted molar refractivity (Wildman–Crippen MR) is 183 cm³/mol. The average Bonchev–Trinajstić information content (AvgIpc) is 3.69. The number of alkyl carbamates (subject to hydrolysis) is 1. The third-order valence-corrected chi connectivity index (χ3v) is 11.9. The van der Waals surface area contributed by atoms with Crippen molar-refractivity contribution in [1.29, 1.82) is 0 Å². The Labute approximate surface area is 281 Å². The lowest BCUT2D eigenvalue weighted by Crippen LogP contribution is -2.57. The van der Waals surface area contributed by atoms with Gasteiger partial charge in [-0.25, -0.2) is 4.79 Å². The normalized spacial score (nSPS) is 31.3. The van der Waals surface area contributed by atoms with Gasteiger partial charge in [0.15, 0.2) is 0 Å². The smallest absolute Gasteiger partial charge is 0.408 e. The molecule has 0 spiro atoms. The van der Waals surface area contributed by atoms with Crippen LogP contribution in [-0.4, -0.2) is 65.7 Å². The fourth-order valence-electron chi connectivity index (χ4n) is 8.96. The van der Waals surface area contributed by atoms with Crippen molar-refractivity contribution in [2.45, 2.75) is 110 Å². The van der Waals surface area contributed by atoms with Crippen molar-refractivity contribution in [3.63, 3.8) is 0 Å². The van der Waals surface area contributed by atoms with E-state index >= 15 is 0 Å². The molecule has 4 fully saturated rings. The molecule has 8 nitrogen and oxygen atoms in total. The molecule has 1 N–H and O–H groups in total. The summed E-state index contributed by atoms with van der Waals surface area (Å²) in [5, 5.41) is 3.28. The fourth-order valence-corrected chi connectivity index (χ4v) is 8.96. The molecule has 2 aliphatic heterocycles. The number of benzene rings is 2. The molecule has 0 unspecified atom stereocenters. The minimum absolute atomic E-state index is 0.0299. The summed E-state index contributed by atoms with van der Waals surface area (Å²) in [6, 6.07) is 20.9. The third-order valence-electron chi connectivity index (χ3n) is 11.9. The monoisotopic (exact) mass is 645 g/mol. The van der Waals surface area contributed by atoms with Gasteiger partial charge in [0.05, 0.1) is 29.5 Å². The summed E-state index contributed by atoms with van der Waals surface area (Å²) in [6.07, 6.45) is 5.47. The van der Waals surface area contributed by atoms with Crippen LogP contribution in [0.1, 0.15) is 110 Å². The molecular formula is C39H55N3O5. The quantitative estimate of drug-likeness (QED) is 0.328. The minimum atomic E-state index is -0.679. The van der Waals surface area contributed by atoms with Gasteiger partial charge in [-0.05, 0) is 78.4 Å². The molecule has 2 saturated carbocycles. The van der Waals surface area contributed by atoms with Crippen molar-refractivity contribution in [2.24, 2.45) is 16.2 Å². The number of likely N-dealkylation sites (tertiary alicyclic amines) is 2. The van der Waals surface area contributed by atoms with Gasteiger partial charge in [0, 0.05) is 31.1 Å². The molecule has 2 aliphatic carbocycles. The van der Waals surface area contributed by atoms with E-state index in [2.05, 4.69) is 54.4 Å². The SMILES string of the molecule is COC(=O)[C@@]12CCC[C@]1(C)C(=O)N([C@H](C)c1ccccc1)C2.C[C@H](c1ccccc1)N1C[C@@]2(C)CCC[C@@]2(NC(=O)OC(C)(C)C)C1. The van der Waals surface area contributed by atoms with Crippen LogP contribution in [0.5, 0.6) is 0 Å². The highest BCUT2D eigenvalue weighted by atomic mass is 16.6. The maximum Gasteiger partial charge on any atom is 0.408 e. The molecule has 2 heterocycles. The van der Waals surface area contributed by atoms with E-state index < -0.39 is 16.4 Å². The first kappa shape index (κ1) is 34.9. The largest absolute Gasteiger partial charge is 0.469 e. The number of rotatable bonds is 6. The lowest BCUT2D eigenvalue weighted by molar-refractivity contribution is -0.158. The zero-order chi connectivity index (χ0) is 34.3. The Balaban J connectivity index is 0.000000186. The van der Waals surface area contributed by atoms with Gasteiger partial charge in [0.1, 0.15) is 5.60 Å². The highest BCUT2D eigenvalue weighted by Crippen LogP contribution is 2.60. The van der Waals surface area contributed by atoms with Crippen molar-refractivity contribution < 1.29 is 23.9 Å². The Hall–Kier alpha value is -3.39. The number of nitrogens with zero attached hydrogens (tertiary/aromatic N) is 2. The third kappa shape index (κ3) is 6.30. The fraction of sp³-hybridized carbons (Fsp3) is 0.615. The molecule has 2 aromatic carbocycles. The van der Waals surface area contributed by atoms with E-state index in [0.29, 0.717) is 12.6 Å². The van der Waals surface area contributed by atoms with Crippen LogP contribution in [0.3, 0.4) is 0 Å². The van der Waals surface area contributed by atoms with E-state index in [1.807, 2.05) is 69.9 Å². The number of carbonyl (C=O) groups is 3. The Kier molecular flexibility index (Phi) is 9.59. The van der Waals surface area contributed by atoms with Crippen LogP contribution in [0.4, 0.5) is 4.79 Å². The first-order valence-electron chi connectivity index (χ1n) is 17.3. The van der Waals surface area contributed by atoms with E-state index in [4.69, 9.17) is 9.47 Å². The summed E-state index contributed by atoms with van der Waals surface area (Å²) < 4.78 is 10.6. The van der Waals surface area contributed by atoms with Gasteiger partial charge in [0.25, 0.3) is 0 Å². The van der Waals surface area contributed by atoms with E-state index in [1.165, 1.54) is 19.1 Å². The van der Waals surface area contributed by atoms with Gasteiger partial charge < -0.3 is 19.7 Å². The van der Waals surface area contributed by atoms with Crippen molar-refractivity contribution in [3.8, 4) is 0 Å². The van der Waals surface area contributed by atoms with Crippen molar-refractivity contribution in [1.82, 2.24) is 15.1 Å². The van der Waals surface area contributed by atoms with Gasteiger partial charge in [-0.1, -0.05) is 80.4 Å². The predicted octanol–water partition coefficient (Wildman–Crippen LogP) is 7.46. The van der Waals surface area contributed by atoms with Gasteiger partial charge >= 0.3 is 12.1 Å². The molecule has 256 valence electrons. The first-order valence-corrected chi connectivity index (χ1v) is 17.3. The number of amides is 2. The molecule has 0 radical (unpaired) electrons. The number of nitrogens with one attached hydrogen (secondary N) is 1. The molecular weight excluding hydrogens is 590 g/mol. The van der Waals surface area contributed by atoms with Gasteiger partial charge in [-0.3, -0.25) is 14.5 Å². The first-order chi connectivity index (χ1) is 22.1. The maximum absolute atomic E-state index is 13.1. The van der Waals surface area contributed by atoms with Crippen LogP contribution in [0, 0.1) is 16.2 Å². The molecule has 2 aromatic rings. The number of carbonyl (C=O) groups excluding carboxylic acids is 3. The van der Waals surface area contributed by atoms with Crippen LogP contribution >= 0.6 is 0 Å². The molecule has 2 saturated heterocycles. The zero-order valence-electron chi connectivity index (χ0n) is 29.7. The standard InChI is InChI=1S/C21H32N2O2.C18H23NO3/c1-16(17-10-7-6-8-11-17)23-14-20(5)12-9-13-21(20,15-23)22-18(24)25-19(2,3)4;1-13(14-8-5-4-6-9-14)19-12-18(16(21)22-3)11-7-10-17(18,2)15(19)20/h6-8,10-11,16H,9,12-15H2,1-5H3,(H,22,24);4-6,8-9,13H,7,10-12H2,1-3H3/t16-,20-,21-;13-,17-,18+/m11/s1. The lowest BCUT2D eigenvalue weighted by atomic mass is 9.69. The molecule has 0 bridgehead atoms. The average molecular weight is 646 g/mol. The number of ether oxygens (including phenoxy) is 2. The minimum Gasteiger partial charge on any atom is -0.469 e. The van der Waals surface area contributed by atoms with Crippen LogP contribution in [0.2, 0.25) is 0 Å². The Morgan fingerprint density at radius 3 is 1.96 bits per heavy atom. The second kappa shape index (κ2) is 12.9. The van der Waals surface area contributed by atoms with Crippen molar-refractivity contribution >= 4 is 18.0 Å². The second-order valence-corrected chi connectivity index (χ2v) is 15.9. The van der Waals surface area contributed by atoms with Gasteiger partial charge in [0.2, 0.25) is 5.91 Å². The number of esters is 1. The zero-order valence-corrected chi connectivity index (χ0v) is 29.7. The van der Waals surface area contributed by atoms with Crippen LogP contribution in [-0.2, 0) is 19.1 Å². The van der Waals surface area contributed by atoms with E-state index in [-0.39, 0.29) is 35.0 Å². The van der Waals surface area contributed by atoms with Crippen LogP contribution in [0.15, 0.2) is 60.7 Å². The number of fused-ring (bicyclic) bond motifs is 2. The maximum atomic E-state index is 13.1. The topological polar surface area (TPSA) is 88.2 Å². The summed E-state index contributed by atoms with van der Waals surface area (Å²) in [4.78, 5) is 42.4. The Morgan fingerprint density at radius 2 is 1.38 bits per heavy atom. The summed E-state index contributed by atoms with van der Waals surface area (Å²) >= 11 is 0. The number of methoxy groups -OCH3 is 1. The molecule has 2 amide bonds. The van der Waals surface area contributed by atoms with E-state index in [9.17, 15) is 14.4 Å². The highest BCUT2D eigenvalue weighted by molar-refractivity contribution is 5.95. The van der Waals surface area contributed by atoms with Gasteiger partial charge in [-0.15, -0.1) is 0 Å². The number of hydrogen-bond acceptors (Lipinski definition) is 6. The van der Waals surface area contributed by atoms with E-state index in [0.717, 1.165) is 50.8 Å². The molecule has 4 aliphatic rings. The summed E-state index contributed by atoms with van der Waals surface area (Å²) in [6.45, 7) is 16.7. The van der Waals surface area contributed by atoms with Crippen molar-refractivity contribution in [2.75, 3.05) is 26.7 Å².